The molecule has 0 spiro atoms. The van der Waals surface area contributed by atoms with E-state index < -0.39 is 10.0 Å². The van der Waals surface area contributed by atoms with Crippen LogP contribution in [-0.2, 0) is 10.0 Å². The average Bonchev–Trinajstić information content (AvgIpc) is 3.00. The van der Waals surface area contributed by atoms with Crippen LogP contribution in [0.4, 0.5) is 5.69 Å². The molecular formula is C26H27N3O4S. The number of para-hydroxylation sites is 2. The molecule has 0 bridgehead atoms. The highest BCUT2D eigenvalue weighted by molar-refractivity contribution is 7.89. The molecule has 0 unspecified atom stereocenters. The molecule has 1 fully saturated rings. The van der Waals surface area contributed by atoms with Gasteiger partial charge in [-0.15, -0.1) is 0 Å². The van der Waals surface area contributed by atoms with Crippen molar-refractivity contribution in [3.8, 4) is 17.2 Å². The highest BCUT2D eigenvalue weighted by atomic mass is 32.2. The Morgan fingerprint density at radius 3 is 2.62 bits per heavy atom. The van der Waals surface area contributed by atoms with Crippen molar-refractivity contribution < 1.29 is 17.9 Å². The normalized spacial score (nSPS) is 18.3. The Bertz CT molecular complexity index is 1370. The number of methoxy groups -OCH3 is 1. The van der Waals surface area contributed by atoms with E-state index in [-0.39, 0.29) is 10.9 Å². The molecule has 2 aliphatic heterocycles. The lowest BCUT2D eigenvalue weighted by molar-refractivity contribution is 0.205. The molecule has 7 nitrogen and oxygen atoms in total. The number of fused-ring (bicyclic) bond motifs is 2. The number of hydrogen-bond donors (Lipinski definition) is 0. The third-order valence-corrected chi connectivity index (χ3v) is 8.21. The number of piperazine rings is 1. The SMILES string of the molecule is COc1cccc(S(=O)(=O)N2CCN(C3=Nc4ccccc4Oc4ccc(C)cc43)C[C@H]2C)c1. The Kier molecular flexibility index (Phi) is 5.79. The molecular weight excluding hydrogens is 450 g/mol. The molecule has 3 aromatic carbocycles. The molecule has 34 heavy (non-hydrogen) atoms. The second-order valence-corrected chi connectivity index (χ2v) is 10.5. The molecule has 0 saturated carbocycles. The molecule has 0 aromatic heterocycles. The Morgan fingerprint density at radius 1 is 1.00 bits per heavy atom. The maximum absolute atomic E-state index is 13.4. The van der Waals surface area contributed by atoms with Crippen molar-refractivity contribution in [1.82, 2.24) is 9.21 Å². The molecule has 1 atom stereocenters. The van der Waals surface area contributed by atoms with Crippen molar-refractivity contribution in [3.63, 3.8) is 0 Å². The number of benzene rings is 3. The predicted molar refractivity (Wildman–Crippen MR) is 132 cm³/mol. The standard InChI is InChI=1S/C26H27N3O4S/c1-18-11-12-24-22(15-18)26(27-23-9-4-5-10-25(23)33-24)28-13-14-29(19(2)17-28)34(30,31)21-8-6-7-20(16-21)32-3/h4-12,15-16,19H,13-14,17H2,1-3H3/t19-/m1/s1. The number of hydrogen-bond acceptors (Lipinski definition) is 6. The second-order valence-electron chi connectivity index (χ2n) is 8.59. The van der Waals surface area contributed by atoms with Crippen molar-refractivity contribution in [2.75, 3.05) is 26.7 Å². The van der Waals surface area contributed by atoms with Gasteiger partial charge in [-0.3, -0.25) is 0 Å². The summed E-state index contributed by atoms with van der Waals surface area (Å²) in [4.78, 5) is 7.38. The number of aryl methyl sites for hydroxylation is 1. The van der Waals surface area contributed by atoms with Crippen LogP contribution >= 0.6 is 0 Å². The fraction of sp³-hybridized carbons (Fsp3) is 0.269. The van der Waals surface area contributed by atoms with Crippen LogP contribution < -0.4 is 9.47 Å². The van der Waals surface area contributed by atoms with Crippen molar-refractivity contribution in [2.45, 2.75) is 24.8 Å². The van der Waals surface area contributed by atoms with Gasteiger partial charge in [0, 0.05) is 31.7 Å². The number of nitrogens with zero attached hydrogens (tertiary/aromatic N) is 3. The highest BCUT2D eigenvalue weighted by Crippen LogP contribution is 2.38. The molecule has 1 saturated heterocycles. The number of aliphatic imine (C=N–C) groups is 1. The molecule has 176 valence electrons. The average molecular weight is 478 g/mol. The van der Waals surface area contributed by atoms with Crippen LogP contribution in [0.15, 0.2) is 76.6 Å². The first-order valence-electron chi connectivity index (χ1n) is 11.2. The minimum Gasteiger partial charge on any atom is -0.497 e. The van der Waals surface area contributed by atoms with E-state index in [0.717, 1.165) is 28.4 Å². The van der Waals surface area contributed by atoms with E-state index in [4.69, 9.17) is 14.5 Å². The highest BCUT2D eigenvalue weighted by Gasteiger charge is 2.36. The van der Waals surface area contributed by atoms with Gasteiger partial charge in [0.25, 0.3) is 0 Å². The molecule has 8 heteroatoms. The summed E-state index contributed by atoms with van der Waals surface area (Å²) in [7, 11) is -2.13. The van der Waals surface area contributed by atoms with Crippen LogP contribution in [0.2, 0.25) is 0 Å². The maximum atomic E-state index is 13.4. The largest absolute Gasteiger partial charge is 0.497 e. The van der Waals surface area contributed by atoms with Gasteiger partial charge in [-0.05, 0) is 50.2 Å². The maximum Gasteiger partial charge on any atom is 0.243 e. The van der Waals surface area contributed by atoms with Crippen LogP contribution in [0.1, 0.15) is 18.1 Å². The van der Waals surface area contributed by atoms with Crippen LogP contribution in [0.25, 0.3) is 0 Å². The predicted octanol–water partition coefficient (Wildman–Crippen LogP) is 4.58. The van der Waals surface area contributed by atoms with Crippen molar-refractivity contribution in [3.05, 3.63) is 77.9 Å². The molecule has 2 aliphatic rings. The zero-order valence-corrected chi connectivity index (χ0v) is 20.2. The molecule has 0 N–H and O–H groups in total. The summed E-state index contributed by atoms with van der Waals surface area (Å²) in [5.74, 6) is 2.77. The van der Waals surface area contributed by atoms with Crippen LogP contribution in [0.3, 0.4) is 0 Å². The van der Waals surface area contributed by atoms with Gasteiger partial charge < -0.3 is 14.4 Å². The molecule has 0 amide bonds. The summed E-state index contributed by atoms with van der Waals surface area (Å²) in [5.41, 5.74) is 2.77. The Labute approximate surface area is 200 Å². The fourth-order valence-corrected chi connectivity index (χ4v) is 6.11. The summed E-state index contributed by atoms with van der Waals surface area (Å²) in [6, 6.07) is 20.1. The quantitative estimate of drug-likeness (QED) is 0.552. The van der Waals surface area contributed by atoms with Gasteiger partial charge in [0.15, 0.2) is 5.75 Å². The van der Waals surface area contributed by atoms with Gasteiger partial charge in [0.2, 0.25) is 10.0 Å². The summed E-state index contributed by atoms with van der Waals surface area (Å²) in [6.07, 6.45) is 0. The van der Waals surface area contributed by atoms with E-state index in [1.54, 1.807) is 28.6 Å². The third-order valence-electron chi connectivity index (χ3n) is 6.20. The lowest BCUT2D eigenvalue weighted by Gasteiger charge is -2.40. The number of amidine groups is 1. The van der Waals surface area contributed by atoms with Gasteiger partial charge in [0.05, 0.1) is 17.6 Å². The Hall–Kier alpha value is -3.36. The van der Waals surface area contributed by atoms with Crippen LogP contribution in [0, 0.1) is 6.92 Å². The Morgan fingerprint density at radius 2 is 1.82 bits per heavy atom. The van der Waals surface area contributed by atoms with Gasteiger partial charge in [-0.1, -0.05) is 29.8 Å². The molecule has 0 aliphatic carbocycles. The van der Waals surface area contributed by atoms with E-state index >= 15 is 0 Å². The summed E-state index contributed by atoms with van der Waals surface area (Å²) >= 11 is 0. The van der Waals surface area contributed by atoms with Crippen molar-refractivity contribution >= 4 is 21.5 Å². The van der Waals surface area contributed by atoms with Crippen molar-refractivity contribution in [1.29, 1.82) is 0 Å². The third kappa shape index (κ3) is 4.03. The summed E-state index contributed by atoms with van der Waals surface area (Å²) < 4.78 is 39.8. The molecule has 0 radical (unpaired) electrons. The Balaban J connectivity index is 1.48. The van der Waals surface area contributed by atoms with Gasteiger partial charge in [0.1, 0.15) is 23.0 Å². The first kappa shape index (κ1) is 22.4. The van der Waals surface area contributed by atoms with Crippen LogP contribution in [0.5, 0.6) is 17.2 Å². The number of rotatable bonds is 3. The van der Waals surface area contributed by atoms with Crippen molar-refractivity contribution in [2.24, 2.45) is 4.99 Å². The summed E-state index contributed by atoms with van der Waals surface area (Å²) in [6.45, 7) is 5.35. The molecule has 3 aromatic rings. The van der Waals surface area contributed by atoms with Crippen LogP contribution in [-0.4, -0.2) is 56.2 Å². The molecule has 2 heterocycles. The minimum atomic E-state index is -3.66. The first-order valence-corrected chi connectivity index (χ1v) is 12.7. The van der Waals surface area contributed by atoms with E-state index in [9.17, 15) is 8.42 Å². The lowest BCUT2D eigenvalue weighted by atomic mass is 10.1. The topological polar surface area (TPSA) is 71.4 Å². The summed E-state index contributed by atoms with van der Waals surface area (Å²) in [5, 5.41) is 0. The zero-order chi connectivity index (χ0) is 23.9. The molecule has 5 rings (SSSR count). The minimum absolute atomic E-state index is 0.238. The number of sulfonamides is 1. The van der Waals surface area contributed by atoms with Gasteiger partial charge in [-0.2, -0.15) is 4.31 Å². The van der Waals surface area contributed by atoms with Gasteiger partial charge in [-0.25, -0.2) is 13.4 Å². The van der Waals surface area contributed by atoms with E-state index in [1.165, 1.54) is 7.11 Å². The smallest absolute Gasteiger partial charge is 0.243 e. The van der Waals surface area contributed by atoms with Gasteiger partial charge >= 0.3 is 0 Å². The fourth-order valence-electron chi connectivity index (χ4n) is 4.46. The first-order chi connectivity index (χ1) is 16.4. The van der Waals surface area contributed by atoms with E-state index in [0.29, 0.717) is 31.1 Å². The van der Waals surface area contributed by atoms with E-state index in [1.807, 2.05) is 50.2 Å². The number of ether oxygens (including phenoxy) is 2. The second kappa shape index (κ2) is 8.77. The monoisotopic (exact) mass is 477 g/mol. The van der Waals surface area contributed by atoms with E-state index in [2.05, 4.69) is 11.0 Å². The zero-order valence-electron chi connectivity index (χ0n) is 19.4. The lowest BCUT2D eigenvalue weighted by Crippen LogP contribution is -2.55.